The normalized spacial score (nSPS) is 11.6. The molecule has 8 heterocycles. The molecule has 234 valence electrons. The zero-order valence-corrected chi connectivity index (χ0v) is 26.6. The van der Waals surface area contributed by atoms with Gasteiger partial charge in [0, 0.05) is 63.7 Å². The Balaban J connectivity index is 1.11. The van der Waals surface area contributed by atoms with Crippen LogP contribution in [-0.4, -0.2) is 39.0 Å². The van der Waals surface area contributed by atoms with Crippen molar-refractivity contribution in [2.45, 2.75) is 0 Å². The summed E-state index contributed by atoms with van der Waals surface area (Å²) in [6.45, 7) is 0. The lowest BCUT2D eigenvalue weighted by Crippen LogP contribution is -1.99. The van der Waals surface area contributed by atoms with Crippen molar-refractivity contribution in [2.75, 3.05) is 0 Å². The third kappa shape index (κ3) is 4.47. The largest absolute Gasteiger partial charge is 0.292 e. The van der Waals surface area contributed by atoms with E-state index in [2.05, 4.69) is 93.0 Å². The molecule has 0 fully saturated rings. The molecular formula is C42H26N8. The van der Waals surface area contributed by atoms with E-state index in [0.717, 1.165) is 89.2 Å². The topological polar surface area (TPSA) is 87.2 Å². The van der Waals surface area contributed by atoms with Crippen LogP contribution in [0.15, 0.2) is 159 Å². The second-order valence-electron chi connectivity index (χ2n) is 12.1. The Morgan fingerprint density at radius 1 is 0.400 bits per heavy atom. The van der Waals surface area contributed by atoms with Crippen molar-refractivity contribution in [1.82, 2.24) is 39.0 Å². The third-order valence-corrected chi connectivity index (χ3v) is 9.21. The molecule has 0 N–H and O–H groups in total. The minimum atomic E-state index is 0.762. The maximum atomic E-state index is 5.09. The molecule has 0 aliphatic carbocycles. The molecule has 0 aliphatic rings. The lowest BCUT2D eigenvalue weighted by atomic mass is 10.0. The highest BCUT2D eigenvalue weighted by atomic mass is 15.1. The Hall–Kier alpha value is -7.06. The van der Waals surface area contributed by atoms with Gasteiger partial charge < -0.3 is 0 Å². The van der Waals surface area contributed by atoms with E-state index in [4.69, 9.17) is 24.9 Å². The lowest BCUT2D eigenvalue weighted by Gasteiger charge is -2.12. The maximum absolute atomic E-state index is 5.09. The van der Waals surface area contributed by atoms with Crippen LogP contribution in [-0.2, 0) is 0 Å². The molecule has 0 radical (unpaired) electrons. The number of aromatic nitrogens is 8. The highest BCUT2D eigenvalue weighted by Crippen LogP contribution is 2.35. The van der Waals surface area contributed by atoms with E-state index in [9.17, 15) is 0 Å². The molecule has 0 atom stereocenters. The summed E-state index contributed by atoms with van der Waals surface area (Å²) in [5, 5.41) is 4.49. The van der Waals surface area contributed by atoms with Crippen molar-refractivity contribution in [3.8, 4) is 45.3 Å². The van der Waals surface area contributed by atoms with E-state index >= 15 is 0 Å². The zero-order chi connectivity index (χ0) is 33.0. The number of fused-ring (bicyclic) bond motifs is 6. The standard InChI is InChI=1S/C42H26N8/c1-3-14-38-31(9-1)33-11-7-19-45-41(33)49(38)30-21-29(24-43-26-30)28-22-36(48-37(23-28)35-13-5-6-18-44-35)27-16-17-40(47-25-27)50-39-15-4-2-10-32(39)34-12-8-20-46-42(34)50/h1-26H. The van der Waals surface area contributed by atoms with Crippen molar-refractivity contribution in [1.29, 1.82) is 0 Å². The summed E-state index contributed by atoms with van der Waals surface area (Å²) in [7, 11) is 0. The predicted octanol–water partition coefficient (Wildman–Crippen LogP) is 9.25. The molecule has 0 amide bonds. The van der Waals surface area contributed by atoms with E-state index < -0.39 is 0 Å². The van der Waals surface area contributed by atoms with Crippen LogP contribution in [0.5, 0.6) is 0 Å². The van der Waals surface area contributed by atoms with E-state index in [1.807, 2.05) is 73.4 Å². The Morgan fingerprint density at radius 3 is 1.78 bits per heavy atom. The van der Waals surface area contributed by atoms with Gasteiger partial charge in [-0.2, -0.15) is 0 Å². The lowest BCUT2D eigenvalue weighted by molar-refractivity contribution is 1.06. The van der Waals surface area contributed by atoms with E-state index in [1.165, 1.54) is 0 Å². The fourth-order valence-corrected chi connectivity index (χ4v) is 6.95. The summed E-state index contributed by atoms with van der Waals surface area (Å²) in [6.07, 6.45) is 11.1. The van der Waals surface area contributed by atoms with Crippen LogP contribution in [0.3, 0.4) is 0 Å². The van der Waals surface area contributed by atoms with Crippen LogP contribution >= 0.6 is 0 Å². The molecule has 8 nitrogen and oxygen atoms in total. The molecule has 0 unspecified atom stereocenters. The highest BCUT2D eigenvalue weighted by molar-refractivity contribution is 6.08. The fourth-order valence-electron chi connectivity index (χ4n) is 6.95. The van der Waals surface area contributed by atoms with Crippen molar-refractivity contribution in [2.24, 2.45) is 0 Å². The van der Waals surface area contributed by atoms with E-state index in [1.54, 1.807) is 6.20 Å². The van der Waals surface area contributed by atoms with Gasteiger partial charge >= 0.3 is 0 Å². The Labute approximate surface area is 286 Å². The molecule has 0 aliphatic heterocycles. The molecule has 10 aromatic rings. The summed E-state index contributed by atoms with van der Waals surface area (Å²) in [6, 6.07) is 41.2. The zero-order valence-electron chi connectivity index (χ0n) is 26.6. The molecule has 0 saturated heterocycles. The Kier molecular flexibility index (Phi) is 6.32. The number of hydrogen-bond donors (Lipinski definition) is 0. The van der Waals surface area contributed by atoms with Crippen LogP contribution in [0, 0.1) is 0 Å². The monoisotopic (exact) mass is 642 g/mol. The molecule has 8 heteroatoms. The highest BCUT2D eigenvalue weighted by Gasteiger charge is 2.17. The number of pyridine rings is 6. The Bertz CT molecular complexity index is 2770. The van der Waals surface area contributed by atoms with Crippen LogP contribution in [0.4, 0.5) is 0 Å². The number of nitrogens with zero attached hydrogens (tertiary/aromatic N) is 8. The van der Waals surface area contributed by atoms with Gasteiger partial charge in [0.2, 0.25) is 0 Å². The van der Waals surface area contributed by atoms with Crippen molar-refractivity contribution in [3.05, 3.63) is 159 Å². The van der Waals surface area contributed by atoms with Crippen molar-refractivity contribution < 1.29 is 0 Å². The van der Waals surface area contributed by atoms with Gasteiger partial charge in [-0.05, 0) is 84.4 Å². The minimum Gasteiger partial charge on any atom is -0.292 e. The van der Waals surface area contributed by atoms with Crippen LogP contribution in [0.1, 0.15) is 0 Å². The number of benzene rings is 2. The van der Waals surface area contributed by atoms with Gasteiger partial charge in [-0.3, -0.25) is 19.1 Å². The van der Waals surface area contributed by atoms with Gasteiger partial charge in [0.15, 0.2) is 0 Å². The van der Waals surface area contributed by atoms with E-state index in [0.29, 0.717) is 0 Å². The van der Waals surface area contributed by atoms with Gasteiger partial charge in [-0.15, -0.1) is 0 Å². The van der Waals surface area contributed by atoms with Crippen LogP contribution in [0.25, 0.3) is 89.2 Å². The summed E-state index contributed by atoms with van der Waals surface area (Å²) < 4.78 is 4.29. The average Bonchev–Trinajstić information content (AvgIpc) is 3.71. The molecule has 0 spiro atoms. The van der Waals surface area contributed by atoms with Crippen molar-refractivity contribution >= 4 is 43.9 Å². The number of rotatable bonds is 5. The predicted molar refractivity (Wildman–Crippen MR) is 198 cm³/mol. The van der Waals surface area contributed by atoms with E-state index in [-0.39, 0.29) is 0 Å². The first-order valence-corrected chi connectivity index (χ1v) is 16.3. The second kappa shape index (κ2) is 11.3. The minimum absolute atomic E-state index is 0.762. The first-order chi connectivity index (χ1) is 24.8. The second-order valence-corrected chi connectivity index (χ2v) is 12.1. The van der Waals surface area contributed by atoms with Crippen LogP contribution in [0.2, 0.25) is 0 Å². The fraction of sp³-hybridized carbons (Fsp3) is 0. The van der Waals surface area contributed by atoms with Gasteiger partial charge in [-0.1, -0.05) is 42.5 Å². The molecule has 0 bridgehead atoms. The SMILES string of the molecule is c1ccc(-c2cc(-c3cncc(-n4c5ccccc5c5cccnc54)c3)cc(-c3ccc(-n4c5ccccc5c5cccnc54)nc3)n2)nc1. The van der Waals surface area contributed by atoms with Gasteiger partial charge in [0.05, 0.1) is 40.0 Å². The number of hydrogen-bond acceptors (Lipinski definition) is 6. The molecule has 10 rings (SSSR count). The first kappa shape index (κ1) is 28.0. The molecule has 2 aromatic carbocycles. The van der Waals surface area contributed by atoms with Gasteiger partial charge in [0.25, 0.3) is 0 Å². The quantitative estimate of drug-likeness (QED) is 0.186. The average molecular weight is 643 g/mol. The first-order valence-electron chi connectivity index (χ1n) is 16.3. The third-order valence-electron chi connectivity index (χ3n) is 9.21. The molecule has 50 heavy (non-hydrogen) atoms. The summed E-state index contributed by atoms with van der Waals surface area (Å²) in [5.41, 5.74) is 9.96. The Morgan fingerprint density at radius 2 is 1.06 bits per heavy atom. The molecular weight excluding hydrogens is 617 g/mol. The smallest absolute Gasteiger partial charge is 0.146 e. The molecule has 0 saturated carbocycles. The van der Waals surface area contributed by atoms with Gasteiger partial charge in [-0.25, -0.2) is 19.9 Å². The molecule has 8 aromatic heterocycles. The van der Waals surface area contributed by atoms with Gasteiger partial charge in [0.1, 0.15) is 17.1 Å². The van der Waals surface area contributed by atoms with Crippen molar-refractivity contribution in [3.63, 3.8) is 0 Å². The maximum Gasteiger partial charge on any atom is 0.146 e. The number of para-hydroxylation sites is 2. The summed E-state index contributed by atoms with van der Waals surface area (Å²) >= 11 is 0. The van der Waals surface area contributed by atoms with Crippen LogP contribution < -0.4 is 0 Å². The summed E-state index contributed by atoms with van der Waals surface area (Å²) in [4.78, 5) is 28.9. The summed E-state index contributed by atoms with van der Waals surface area (Å²) in [5.74, 6) is 0.788.